The smallest absolute Gasteiger partial charge is 0.185 e. The summed E-state index contributed by atoms with van der Waals surface area (Å²) >= 11 is 0. The first-order chi connectivity index (χ1) is 5.77. The Balaban J connectivity index is 2.96. The van der Waals surface area contributed by atoms with Crippen LogP contribution < -0.4 is 16.8 Å². The summed E-state index contributed by atoms with van der Waals surface area (Å²) in [4.78, 5) is 3.81. The van der Waals surface area contributed by atoms with Gasteiger partial charge < -0.3 is 21.5 Å². The molecule has 5 nitrogen and oxygen atoms in total. The number of hydrogen-bond donors (Lipinski definition) is 3. The van der Waals surface area contributed by atoms with Crippen LogP contribution >= 0.6 is 0 Å². The van der Waals surface area contributed by atoms with E-state index in [1.807, 2.05) is 6.92 Å². The molecule has 0 aromatic rings. The fourth-order valence-corrected chi connectivity index (χ4v) is 0.678. The molecule has 0 aliphatic carbocycles. The van der Waals surface area contributed by atoms with Gasteiger partial charge in [-0.3, -0.25) is 4.99 Å². The molecule has 5 heteroatoms. The topological polar surface area (TPSA) is 85.7 Å². The molecule has 0 unspecified atom stereocenters. The van der Waals surface area contributed by atoms with E-state index in [2.05, 4.69) is 10.3 Å². The molecule has 12 heavy (non-hydrogen) atoms. The van der Waals surface area contributed by atoms with Crippen LogP contribution in [0.15, 0.2) is 4.99 Å². The fraction of sp³-hybridized carbons (Fsp3) is 0.857. The van der Waals surface area contributed by atoms with Gasteiger partial charge in [0, 0.05) is 19.7 Å². The van der Waals surface area contributed by atoms with Gasteiger partial charge in [-0.1, -0.05) is 0 Å². The number of nitrogens with two attached hydrogens (primary N) is 2. The van der Waals surface area contributed by atoms with Crippen molar-refractivity contribution in [1.29, 1.82) is 0 Å². The molecule has 5 N–H and O–H groups in total. The number of guanidine groups is 1. The summed E-state index contributed by atoms with van der Waals surface area (Å²) < 4.78 is 5.11. The maximum atomic E-state index is 5.13. The average molecular weight is 174 g/mol. The van der Waals surface area contributed by atoms with E-state index < -0.39 is 0 Å². The Morgan fingerprint density at radius 3 is 2.75 bits per heavy atom. The van der Waals surface area contributed by atoms with Crippen LogP contribution in [0.5, 0.6) is 0 Å². The van der Waals surface area contributed by atoms with Crippen LogP contribution in [0, 0.1) is 0 Å². The summed E-state index contributed by atoms with van der Waals surface area (Å²) in [7, 11) is 0. The molecule has 0 spiro atoms. The van der Waals surface area contributed by atoms with Crippen molar-refractivity contribution < 1.29 is 4.74 Å². The second kappa shape index (κ2) is 8.29. The van der Waals surface area contributed by atoms with Crippen LogP contribution in [-0.4, -0.2) is 38.8 Å². The van der Waals surface area contributed by atoms with Crippen molar-refractivity contribution in [3.05, 3.63) is 0 Å². The Hall–Kier alpha value is -0.810. The van der Waals surface area contributed by atoms with E-state index in [0.29, 0.717) is 6.54 Å². The highest BCUT2D eigenvalue weighted by Gasteiger charge is 1.86. The van der Waals surface area contributed by atoms with Crippen LogP contribution in [0.3, 0.4) is 0 Å². The Morgan fingerprint density at radius 2 is 2.17 bits per heavy atom. The second-order valence-corrected chi connectivity index (χ2v) is 2.25. The summed E-state index contributed by atoms with van der Waals surface area (Å²) in [5.74, 6) is 0.140. The number of aliphatic imine (C=N–C) groups is 1. The first kappa shape index (κ1) is 11.2. The molecule has 0 radical (unpaired) electrons. The van der Waals surface area contributed by atoms with Crippen molar-refractivity contribution in [2.45, 2.75) is 6.92 Å². The van der Waals surface area contributed by atoms with E-state index in [4.69, 9.17) is 16.2 Å². The molecular formula is C7H18N4O. The van der Waals surface area contributed by atoms with Gasteiger partial charge in [0.15, 0.2) is 5.96 Å². The fourth-order valence-electron chi connectivity index (χ4n) is 0.678. The molecule has 0 aliphatic rings. The Morgan fingerprint density at radius 1 is 1.42 bits per heavy atom. The highest BCUT2D eigenvalue weighted by atomic mass is 16.5. The zero-order valence-electron chi connectivity index (χ0n) is 7.55. The van der Waals surface area contributed by atoms with E-state index >= 15 is 0 Å². The van der Waals surface area contributed by atoms with Crippen LogP contribution in [0.2, 0.25) is 0 Å². The Kier molecular flexibility index (Phi) is 7.73. The summed E-state index contributed by atoms with van der Waals surface area (Å²) in [5, 5.41) is 3.13. The van der Waals surface area contributed by atoms with Crippen molar-refractivity contribution in [3.63, 3.8) is 0 Å². The minimum Gasteiger partial charge on any atom is -0.380 e. The summed E-state index contributed by atoms with van der Waals surface area (Å²) in [6.45, 7) is 5.71. The van der Waals surface area contributed by atoms with E-state index in [1.165, 1.54) is 0 Å². The Bertz CT molecular complexity index is 123. The molecular weight excluding hydrogens is 156 g/mol. The molecule has 0 amide bonds. The van der Waals surface area contributed by atoms with Crippen molar-refractivity contribution in [3.8, 4) is 0 Å². The first-order valence-corrected chi connectivity index (χ1v) is 4.11. The van der Waals surface area contributed by atoms with Gasteiger partial charge >= 0.3 is 0 Å². The van der Waals surface area contributed by atoms with Gasteiger partial charge in [0.2, 0.25) is 0 Å². The molecule has 0 fully saturated rings. The number of nitrogens with one attached hydrogen (secondary N) is 1. The normalized spacial score (nSPS) is 9.75. The maximum absolute atomic E-state index is 5.13. The predicted octanol–water partition coefficient (Wildman–Crippen LogP) is -1.11. The predicted molar refractivity (Wildman–Crippen MR) is 50.0 cm³/mol. The largest absolute Gasteiger partial charge is 0.380 e. The number of hydrogen-bond acceptors (Lipinski definition) is 3. The van der Waals surface area contributed by atoms with Crippen LogP contribution in [-0.2, 0) is 4.74 Å². The zero-order chi connectivity index (χ0) is 9.23. The summed E-state index contributed by atoms with van der Waals surface area (Å²) in [6, 6.07) is 0. The van der Waals surface area contributed by atoms with Crippen molar-refractivity contribution in [2.24, 2.45) is 16.5 Å². The third-order valence-electron chi connectivity index (χ3n) is 1.21. The van der Waals surface area contributed by atoms with Crippen LogP contribution in [0.4, 0.5) is 0 Å². The standard InChI is InChI=1S/C7H18N4O/c1-2-12-6-5-10-3-4-11-7(8)9/h10H,2-6H2,1H3,(H4,8,9,11). The van der Waals surface area contributed by atoms with E-state index in [-0.39, 0.29) is 5.96 Å². The molecule has 0 heterocycles. The number of nitrogens with zero attached hydrogens (tertiary/aromatic N) is 1. The third-order valence-corrected chi connectivity index (χ3v) is 1.21. The molecule has 72 valence electrons. The van der Waals surface area contributed by atoms with Gasteiger partial charge in [-0.05, 0) is 6.92 Å². The minimum atomic E-state index is 0.140. The van der Waals surface area contributed by atoms with Gasteiger partial charge in [0.25, 0.3) is 0 Å². The van der Waals surface area contributed by atoms with E-state index in [9.17, 15) is 0 Å². The molecule has 0 aromatic carbocycles. The van der Waals surface area contributed by atoms with Gasteiger partial charge in [-0.15, -0.1) is 0 Å². The monoisotopic (exact) mass is 174 g/mol. The van der Waals surface area contributed by atoms with Crippen molar-refractivity contribution in [1.82, 2.24) is 5.32 Å². The van der Waals surface area contributed by atoms with Gasteiger partial charge in [0.05, 0.1) is 13.2 Å². The van der Waals surface area contributed by atoms with Gasteiger partial charge in [-0.25, -0.2) is 0 Å². The number of rotatable bonds is 7. The quantitative estimate of drug-likeness (QED) is 0.259. The second-order valence-electron chi connectivity index (χ2n) is 2.25. The molecule has 0 saturated heterocycles. The summed E-state index contributed by atoms with van der Waals surface area (Å²) in [6.07, 6.45) is 0. The lowest BCUT2D eigenvalue weighted by Crippen LogP contribution is -2.26. The molecule has 0 bridgehead atoms. The lowest BCUT2D eigenvalue weighted by molar-refractivity contribution is 0.149. The Labute approximate surface area is 73.2 Å². The van der Waals surface area contributed by atoms with Crippen molar-refractivity contribution >= 4 is 5.96 Å². The minimum absolute atomic E-state index is 0.140. The number of ether oxygens (including phenoxy) is 1. The van der Waals surface area contributed by atoms with Crippen molar-refractivity contribution in [2.75, 3.05) is 32.8 Å². The lowest BCUT2D eigenvalue weighted by Gasteiger charge is -2.02. The highest BCUT2D eigenvalue weighted by Crippen LogP contribution is 1.71. The van der Waals surface area contributed by atoms with Crippen LogP contribution in [0.1, 0.15) is 6.92 Å². The SMILES string of the molecule is CCOCCNCCN=C(N)N. The molecule has 0 atom stereocenters. The first-order valence-electron chi connectivity index (χ1n) is 4.11. The lowest BCUT2D eigenvalue weighted by atomic mass is 10.6. The zero-order valence-corrected chi connectivity index (χ0v) is 7.55. The maximum Gasteiger partial charge on any atom is 0.185 e. The molecule has 0 aliphatic heterocycles. The van der Waals surface area contributed by atoms with Gasteiger partial charge in [-0.2, -0.15) is 0 Å². The molecule has 0 aromatic heterocycles. The highest BCUT2D eigenvalue weighted by molar-refractivity contribution is 5.75. The van der Waals surface area contributed by atoms with Gasteiger partial charge in [0.1, 0.15) is 0 Å². The molecule has 0 rings (SSSR count). The summed E-state index contributed by atoms with van der Waals surface area (Å²) in [5.41, 5.74) is 10.3. The van der Waals surface area contributed by atoms with E-state index in [0.717, 1.165) is 26.3 Å². The average Bonchev–Trinajstić information content (AvgIpc) is 2.02. The van der Waals surface area contributed by atoms with E-state index in [1.54, 1.807) is 0 Å². The molecule has 0 saturated carbocycles. The van der Waals surface area contributed by atoms with Crippen LogP contribution in [0.25, 0.3) is 0 Å². The third kappa shape index (κ3) is 9.19.